The minimum Gasteiger partial charge on any atom is -0.404 e. The third-order valence-electron chi connectivity index (χ3n) is 8.00. The molecule has 2 fully saturated rings. The molecule has 1 aromatic heterocycles. The number of likely N-dealkylation sites (N-methyl/N-ethyl adjacent to an activating group) is 1. The maximum Gasteiger partial charge on any atom is 0.573 e. The van der Waals surface area contributed by atoms with Gasteiger partial charge in [0.15, 0.2) is 11.6 Å². The number of alkyl halides is 3. The monoisotopic (exact) mass is 599 g/mol. The Morgan fingerprint density at radius 2 is 1.70 bits per heavy atom. The number of aromatic nitrogens is 2. The predicted octanol–water partition coefficient (Wildman–Crippen LogP) is 4.95. The third-order valence-corrected chi connectivity index (χ3v) is 8.00. The van der Waals surface area contributed by atoms with Crippen molar-refractivity contribution < 1.29 is 31.5 Å². The Morgan fingerprint density at radius 1 is 0.977 bits per heavy atom. The molecule has 3 aromatic carbocycles. The Morgan fingerprint density at radius 3 is 2.37 bits per heavy atom. The maximum absolute atomic E-state index is 15.4. The lowest BCUT2D eigenvalue weighted by molar-refractivity contribution is -0.274. The van der Waals surface area contributed by atoms with Crippen molar-refractivity contribution in [3.63, 3.8) is 0 Å². The van der Waals surface area contributed by atoms with Gasteiger partial charge < -0.3 is 15.0 Å². The van der Waals surface area contributed by atoms with Gasteiger partial charge in [0.2, 0.25) is 5.91 Å². The van der Waals surface area contributed by atoms with E-state index in [4.69, 9.17) is 0 Å². The van der Waals surface area contributed by atoms with Gasteiger partial charge in [0.05, 0.1) is 16.8 Å². The van der Waals surface area contributed by atoms with Crippen LogP contribution in [0.15, 0.2) is 65.7 Å². The van der Waals surface area contributed by atoms with E-state index >= 15 is 4.39 Å². The number of hydrogen-bond acceptors (Lipinski definition) is 6. The molecular weight excluding hydrogens is 573 g/mol. The molecule has 1 amide bonds. The second-order valence-electron chi connectivity index (χ2n) is 10.7. The molecule has 1 N–H and O–H groups in total. The summed E-state index contributed by atoms with van der Waals surface area (Å²) in [5.74, 6) is -2.66. The molecule has 224 valence electrons. The molecule has 0 spiro atoms. The number of fused-ring (bicyclic) bond motifs is 1. The summed E-state index contributed by atoms with van der Waals surface area (Å²) in [6, 6.07) is 11.5. The molecule has 0 radical (unpaired) electrons. The summed E-state index contributed by atoms with van der Waals surface area (Å²) in [4.78, 5) is 35.1. The fourth-order valence-corrected chi connectivity index (χ4v) is 5.49. The molecule has 13 heteroatoms. The minimum absolute atomic E-state index is 0.00137. The van der Waals surface area contributed by atoms with Gasteiger partial charge in [0, 0.05) is 37.3 Å². The van der Waals surface area contributed by atoms with Crippen LogP contribution in [0, 0.1) is 11.6 Å². The van der Waals surface area contributed by atoms with Gasteiger partial charge in [-0.15, -0.1) is 13.2 Å². The molecule has 0 unspecified atom stereocenters. The van der Waals surface area contributed by atoms with Crippen LogP contribution in [0.3, 0.4) is 0 Å². The van der Waals surface area contributed by atoms with Crippen LogP contribution in [-0.2, 0) is 4.79 Å². The standard InChI is InChI=1S/C30H26F5N5O3/c1-38-12-14-39(15-13-38)29(10-11-29)28(42)37-23-16-18(6-9-24(23)43-30(33,34)35)40-17-36-26-21(27(40)41)8-7-20(25(26)32)19-4-2-3-5-22(19)31/h2-9,16-17H,10-15H2,1H3,(H,37,42). The normalized spacial score (nSPS) is 17.2. The summed E-state index contributed by atoms with van der Waals surface area (Å²) in [5.41, 5.74) is -2.15. The van der Waals surface area contributed by atoms with E-state index < -0.39 is 40.8 Å². The number of halogens is 5. The average molecular weight is 600 g/mol. The molecule has 43 heavy (non-hydrogen) atoms. The number of hydrogen-bond donors (Lipinski definition) is 1. The second-order valence-corrected chi connectivity index (χ2v) is 10.7. The van der Waals surface area contributed by atoms with Crippen LogP contribution in [-0.4, -0.2) is 70.4 Å². The lowest BCUT2D eigenvalue weighted by Gasteiger charge is -2.37. The van der Waals surface area contributed by atoms with Crippen molar-refractivity contribution in [3.8, 4) is 22.6 Å². The van der Waals surface area contributed by atoms with Gasteiger partial charge >= 0.3 is 6.36 Å². The first-order valence-electron chi connectivity index (χ1n) is 13.6. The Bertz CT molecular complexity index is 1780. The van der Waals surface area contributed by atoms with Crippen molar-refractivity contribution in [3.05, 3.63) is 82.9 Å². The van der Waals surface area contributed by atoms with Crippen molar-refractivity contribution in [1.82, 2.24) is 19.4 Å². The molecule has 0 bridgehead atoms. The highest BCUT2D eigenvalue weighted by Gasteiger charge is 2.55. The predicted molar refractivity (Wildman–Crippen MR) is 149 cm³/mol. The highest BCUT2D eigenvalue weighted by atomic mass is 19.4. The van der Waals surface area contributed by atoms with Gasteiger partial charge in [-0.1, -0.05) is 24.3 Å². The van der Waals surface area contributed by atoms with E-state index in [1.165, 1.54) is 42.5 Å². The summed E-state index contributed by atoms with van der Waals surface area (Å²) < 4.78 is 74.6. The molecule has 1 aliphatic heterocycles. The van der Waals surface area contributed by atoms with Gasteiger partial charge in [-0.3, -0.25) is 19.1 Å². The highest BCUT2D eigenvalue weighted by Crippen LogP contribution is 2.44. The van der Waals surface area contributed by atoms with Crippen molar-refractivity contribution in [2.24, 2.45) is 0 Å². The van der Waals surface area contributed by atoms with Gasteiger partial charge in [-0.25, -0.2) is 13.8 Å². The summed E-state index contributed by atoms with van der Waals surface area (Å²) in [5, 5.41) is 2.47. The number of rotatable bonds is 6. The molecule has 2 heterocycles. The van der Waals surface area contributed by atoms with Crippen molar-refractivity contribution >= 4 is 22.5 Å². The summed E-state index contributed by atoms with van der Waals surface area (Å²) >= 11 is 0. The van der Waals surface area contributed by atoms with Crippen LogP contribution in [0.2, 0.25) is 0 Å². The lowest BCUT2D eigenvalue weighted by Crippen LogP contribution is -2.54. The van der Waals surface area contributed by atoms with E-state index in [0.717, 1.165) is 30.1 Å². The number of carbonyl (C=O) groups excluding carboxylic acids is 1. The van der Waals surface area contributed by atoms with Crippen LogP contribution in [0.1, 0.15) is 12.8 Å². The van der Waals surface area contributed by atoms with E-state index in [0.29, 0.717) is 25.9 Å². The van der Waals surface area contributed by atoms with Crippen molar-refractivity contribution in [2.45, 2.75) is 24.7 Å². The van der Waals surface area contributed by atoms with Crippen LogP contribution < -0.4 is 15.6 Å². The van der Waals surface area contributed by atoms with E-state index in [1.807, 2.05) is 11.9 Å². The molecule has 0 atom stereocenters. The van der Waals surface area contributed by atoms with Crippen LogP contribution in [0.25, 0.3) is 27.7 Å². The van der Waals surface area contributed by atoms with Gasteiger partial charge in [0.1, 0.15) is 23.2 Å². The number of benzene rings is 3. The SMILES string of the molecule is CN1CCN(C2(C(=O)Nc3cc(-n4cnc5c(F)c(-c6ccccc6F)ccc5c4=O)ccc3OC(F)(F)F)CC2)CC1. The molecule has 8 nitrogen and oxygen atoms in total. The molecule has 1 aliphatic carbocycles. The topological polar surface area (TPSA) is 79.7 Å². The van der Waals surface area contributed by atoms with Crippen LogP contribution in [0.4, 0.5) is 27.6 Å². The fraction of sp³-hybridized carbons (Fsp3) is 0.300. The number of anilines is 1. The van der Waals surface area contributed by atoms with E-state index in [1.54, 1.807) is 6.07 Å². The highest BCUT2D eigenvalue weighted by molar-refractivity contribution is 6.01. The Labute approximate surface area is 242 Å². The number of nitrogens with one attached hydrogen (secondary N) is 1. The molecular formula is C30H26F5N5O3. The zero-order chi connectivity index (χ0) is 30.5. The lowest BCUT2D eigenvalue weighted by atomic mass is 10.0. The van der Waals surface area contributed by atoms with Crippen LogP contribution >= 0.6 is 0 Å². The first-order chi connectivity index (χ1) is 20.5. The summed E-state index contributed by atoms with van der Waals surface area (Å²) in [6.07, 6.45) is -2.89. The van der Waals surface area contributed by atoms with Gasteiger partial charge in [-0.2, -0.15) is 0 Å². The number of ether oxygens (including phenoxy) is 1. The zero-order valence-corrected chi connectivity index (χ0v) is 22.9. The molecule has 1 saturated carbocycles. The van der Waals surface area contributed by atoms with Crippen LogP contribution in [0.5, 0.6) is 5.75 Å². The summed E-state index contributed by atoms with van der Waals surface area (Å²) in [7, 11) is 1.98. The quantitative estimate of drug-likeness (QED) is 0.316. The molecule has 6 rings (SSSR count). The van der Waals surface area contributed by atoms with E-state index in [2.05, 4.69) is 19.9 Å². The molecule has 1 saturated heterocycles. The van der Waals surface area contributed by atoms with Gasteiger partial charge in [-0.05, 0) is 50.2 Å². The average Bonchev–Trinajstić information content (AvgIpc) is 3.77. The van der Waals surface area contributed by atoms with E-state index in [-0.39, 0.29) is 33.4 Å². The Hall–Kier alpha value is -4.36. The number of piperazine rings is 1. The number of nitrogens with zero attached hydrogens (tertiary/aromatic N) is 4. The number of carbonyl (C=O) groups is 1. The third kappa shape index (κ3) is 5.45. The second kappa shape index (κ2) is 10.7. The first-order valence-corrected chi connectivity index (χ1v) is 13.6. The minimum atomic E-state index is -5.04. The molecule has 4 aromatic rings. The molecule has 2 aliphatic rings. The van der Waals surface area contributed by atoms with Gasteiger partial charge in [0.25, 0.3) is 5.56 Å². The van der Waals surface area contributed by atoms with Crippen molar-refractivity contribution in [1.29, 1.82) is 0 Å². The number of amides is 1. The Kier molecular flexibility index (Phi) is 7.17. The fourth-order valence-electron chi connectivity index (χ4n) is 5.49. The Balaban J connectivity index is 1.36. The first kappa shape index (κ1) is 28.7. The maximum atomic E-state index is 15.4. The van der Waals surface area contributed by atoms with Crippen molar-refractivity contribution in [2.75, 3.05) is 38.5 Å². The largest absolute Gasteiger partial charge is 0.573 e. The van der Waals surface area contributed by atoms with E-state index in [9.17, 15) is 27.2 Å². The summed E-state index contributed by atoms with van der Waals surface area (Å²) in [6.45, 7) is 2.80. The smallest absolute Gasteiger partial charge is 0.404 e. The zero-order valence-electron chi connectivity index (χ0n) is 22.9.